The average molecular weight is 905 g/mol. The predicted molar refractivity (Wildman–Crippen MR) is 281 cm³/mol. The van der Waals surface area contributed by atoms with E-state index in [1.165, 1.54) is 51.4 Å². The Hall–Kier alpha value is -6.44. The first-order chi connectivity index (χ1) is 32.8. The second kappa shape index (κ2) is 24.9. The fourth-order valence-corrected chi connectivity index (χ4v) is 9.80. The summed E-state index contributed by atoms with van der Waals surface area (Å²) in [7, 11) is 0. The number of azo groups is 2. The summed E-state index contributed by atoms with van der Waals surface area (Å²) in [6.45, 7) is 8.70. The van der Waals surface area contributed by atoms with E-state index in [0.717, 1.165) is 115 Å². The van der Waals surface area contributed by atoms with Gasteiger partial charge in [0.2, 0.25) is 0 Å². The molecule has 0 radical (unpaired) electrons. The summed E-state index contributed by atoms with van der Waals surface area (Å²) in [4.78, 5) is 28.6. The molecule has 1 aromatic heterocycles. The molecule has 0 amide bonds. The number of benzene rings is 4. The first kappa shape index (κ1) is 48.5. The molecule has 4 aromatic carbocycles. The second-order valence-electron chi connectivity index (χ2n) is 17.6. The topological polar surface area (TPSA) is 83.6 Å². The predicted octanol–water partition coefficient (Wildman–Crippen LogP) is 18.3. The van der Waals surface area contributed by atoms with Crippen LogP contribution in [0.2, 0.25) is 0 Å². The van der Waals surface area contributed by atoms with Crippen molar-refractivity contribution in [2.75, 3.05) is 0 Å². The number of carbonyl (C=O) groups excluding carboxylic acids is 2. The van der Waals surface area contributed by atoms with Crippen LogP contribution < -0.4 is 0 Å². The third-order valence-electron chi connectivity index (χ3n) is 12.6. The number of hydrogen-bond acceptors (Lipinski definition) is 7. The van der Waals surface area contributed by atoms with E-state index >= 15 is 0 Å². The van der Waals surface area contributed by atoms with E-state index in [9.17, 15) is 9.59 Å². The molecule has 0 atom stereocenters. The molecule has 1 heterocycles. The first-order valence-electron chi connectivity index (χ1n) is 24.4. The highest BCUT2D eigenvalue weighted by molar-refractivity contribution is 7.14. The fourth-order valence-electron chi connectivity index (χ4n) is 8.47. The van der Waals surface area contributed by atoms with Crippen LogP contribution in [-0.2, 0) is 9.59 Å². The average Bonchev–Trinajstić information content (AvgIpc) is 3.65. The Morgan fingerprint density at radius 3 is 1.18 bits per heavy atom. The Labute approximate surface area is 402 Å². The minimum absolute atomic E-state index is 0.0521. The van der Waals surface area contributed by atoms with E-state index in [2.05, 4.69) is 76.2 Å². The van der Waals surface area contributed by atoms with Crippen LogP contribution in [-0.4, -0.2) is 11.6 Å². The number of hydrogen-bond donors (Lipinski definition) is 0. The molecule has 2 aliphatic carbocycles. The van der Waals surface area contributed by atoms with Crippen molar-refractivity contribution in [3.63, 3.8) is 0 Å². The molecule has 0 saturated carbocycles. The van der Waals surface area contributed by atoms with Gasteiger partial charge in [-0.05, 0) is 134 Å². The van der Waals surface area contributed by atoms with E-state index in [1.54, 1.807) is 23.5 Å². The lowest BCUT2D eigenvalue weighted by Gasteiger charge is -2.12. The summed E-state index contributed by atoms with van der Waals surface area (Å²) < 4.78 is 0. The third-order valence-corrected chi connectivity index (χ3v) is 14.0. The number of ketones is 2. The molecule has 0 saturated heterocycles. The Kier molecular flexibility index (Phi) is 18.0. The van der Waals surface area contributed by atoms with E-state index in [4.69, 9.17) is 20.5 Å². The summed E-state index contributed by atoms with van der Waals surface area (Å²) in [5, 5.41) is 19.8. The quantitative estimate of drug-likeness (QED) is 0.0512. The molecular weight excluding hydrogens is 841 g/mol. The van der Waals surface area contributed by atoms with Gasteiger partial charge in [0.05, 0.1) is 21.1 Å². The second-order valence-corrected chi connectivity index (χ2v) is 18.6. The monoisotopic (exact) mass is 904 g/mol. The molecule has 7 heteroatoms. The van der Waals surface area contributed by atoms with Gasteiger partial charge in [0, 0.05) is 22.3 Å². The van der Waals surface area contributed by atoms with Crippen molar-refractivity contribution in [1.82, 2.24) is 0 Å². The smallest absolute Gasteiger partial charge is 0.181 e. The van der Waals surface area contributed by atoms with Gasteiger partial charge >= 0.3 is 0 Å². The van der Waals surface area contributed by atoms with Crippen molar-refractivity contribution in [2.45, 2.75) is 118 Å². The van der Waals surface area contributed by atoms with Crippen molar-refractivity contribution in [3.8, 4) is 22.3 Å². The maximum absolute atomic E-state index is 13.3. The molecule has 0 aliphatic heterocycles. The van der Waals surface area contributed by atoms with Gasteiger partial charge in [-0.1, -0.05) is 163 Å². The van der Waals surface area contributed by atoms with Crippen LogP contribution in [0.4, 0.5) is 11.4 Å². The molecule has 5 aromatic rings. The van der Waals surface area contributed by atoms with Crippen molar-refractivity contribution >= 4 is 45.7 Å². The summed E-state index contributed by atoms with van der Waals surface area (Å²) in [6, 6.07) is 36.9. The summed E-state index contributed by atoms with van der Waals surface area (Å²) in [5.41, 5.74) is 12.7. The normalized spacial score (nSPS) is 15.5. The Morgan fingerprint density at radius 2 is 0.791 bits per heavy atom. The highest BCUT2D eigenvalue weighted by Crippen LogP contribution is 2.43. The van der Waals surface area contributed by atoms with E-state index < -0.39 is 0 Å². The van der Waals surface area contributed by atoms with Gasteiger partial charge < -0.3 is 0 Å². The first-order valence-corrected chi connectivity index (χ1v) is 25.2. The lowest BCUT2D eigenvalue weighted by molar-refractivity contribution is -0.112. The lowest BCUT2D eigenvalue weighted by atomic mass is 9.93. The van der Waals surface area contributed by atoms with Gasteiger partial charge in [-0.2, -0.15) is 10.2 Å². The zero-order chi connectivity index (χ0) is 46.8. The molecular formula is C60H64N4O2S. The maximum atomic E-state index is 13.3. The molecule has 0 bridgehead atoms. The van der Waals surface area contributed by atoms with Crippen LogP contribution in [0, 0.1) is 13.8 Å². The molecule has 7 rings (SSSR count). The summed E-state index contributed by atoms with van der Waals surface area (Å²) >= 11 is 1.60. The molecule has 0 spiro atoms. The van der Waals surface area contributed by atoms with Gasteiger partial charge in [0.25, 0.3) is 0 Å². The van der Waals surface area contributed by atoms with Crippen LogP contribution in [0.5, 0.6) is 0 Å². The van der Waals surface area contributed by atoms with Crippen LogP contribution in [0.15, 0.2) is 188 Å². The largest absolute Gasteiger partial charge is 0.290 e. The van der Waals surface area contributed by atoms with Crippen LogP contribution in [0.1, 0.15) is 125 Å². The Balaban J connectivity index is 1.30. The minimum atomic E-state index is 0.0521. The Morgan fingerprint density at radius 1 is 0.433 bits per heavy atom. The number of allylic oxidation sites excluding steroid dienone is 10. The van der Waals surface area contributed by atoms with Crippen molar-refractivity contribution in [2.24, 2.45) is 20.5 Å². The number of unbranched alkanes of at least 4 members (excludes halogenated alkanes) is 10. The molecule has 2 aliphatic rings. The highest BCUT2D eigenvalue weighted by atomic mass is 32.1. The molecule has 0 fully saturated rings. The zero-order valence-electron chi connectivity index (χ0n) is 39.8. The Bertz CT molecular complexity index is 2540. The molecule has 0 N–H and O–H groups in total. The van der Waals surface area contributed by atoms with E-state index in [0.29, 0.717) is 11.4 Å². The summed E-state index contributed by atoms with van der Waals surface area (Å²) in [5.74, 6) is 0.104. The van der Waals surface area contributed by atoms with Crippen LogP contribution in [0.25, 0.3) is 33.6 Å². The lowest BCUT2D eigenvalue weighted by Crippen LogP contribution is -2.04. The van der Waals surface area contributed by atoms with Crippen molar-refractivity contribution in [3.05, 3.63) is 189 Å². The van der Waals surface area contributed by atoms with Crippen LogP contribution >= 0.6 is 11.3 Å². The van der Waals surface area contributed by atoms with Crippen molar-refractivity contribution in [1.29, 1.82) is 0 Å². The molecule has 67 heavy (non-hydrogen) atoms. The zero-order valence-corrected chi connectivity index (χ0v) is 40.6. The minimum Gasteiger partial charge on any atom is -0.290 e. The molecule has 0 unspecified atom stereocenters. The molecule has 6 nitrogen and oxygen atoms in total. The number of nitrogens with zero attached hydrogens (tertiary/aromatic N) is 4. The highest BCUT2D eigenvalue weighted by Gasteiger charge is 2.24. The van der Waals surface area contributed by atoms with Gasteiger partial charge in [0.15, 0.2) is 11.6 Å². The van der Waals surface area contributed by atoms with Gasteiger partial charge in [0.1, 0.15) is 11.4 Å². The van der Waals surface area contributed by atoms with Crippen molar-refractivity contribution < 1.29 is 9.59 Å². The van der Waals surface area contributed by atoms with Gasteiger partial charge in [-0.3, -0.25) is 9.59 Å². The van der Waals surface area contributed by atoms with Crippen LogP contribution in [0.3, 0.4) is 0 Å². The van der Waals surface area contributed by atoms with E-state index in [-0.39, 0.29) is 11.6 Å². The third kappa shape index (κ3) is 13.4. The maximum Gasteiger partial charge on any atom is 0.181 e. The molecule has 342 valence electrons. The number of carbonyl (C=O) groups is 2. The summed E-state index contributed by atoms with van der Waals surface area (Å²) in [6.07, 6.45) is 26.5. The van der Waals surface area contributed by atoms with Gasteiger partial charge in [-0.15, -0.1) is 21.6 Å². The SMILES string of the molecule is CCCCCCCCC1=C/C(=C(\N=N\c2ccc(-c3ccccc3)cc2)c2sc(C(/N=N/c3ccc(-c4ccccc4)cc3)=C3\C=CC(=O)C(CCCCCCCC)=C3)c(C)c2C)C=CC1=O. The number of thiophene rings is 1. The fraction of sp³-hybridized carbons (Fsp3) is 0.300. The van der Waals surface area contributed by atoms with Gasteiger partial charge in [-0.25, -0.2) is 0 Å². The number of rotatable bonds is 22. The van der Waals surface area contributed by atoms with E-state index in [1.807, 2.05) is 85.0 Å². The standard InChI is InChI=1S/C60H64N4O2S/c1-5-7-9-11-13-17-27-49-41-51(33-39-55(49)65)57(63-61-53-35-29-47(30-36-53)45-23-19-15-20-24-45)59-43(3)44(4)60(67-59)58(52-34-40-56(66)50(42-52)28-18-14-12-10-8-6-2)64-62-54-37-31-48(32-38-54)46-25-21-16-22-26-46/h15-16,19-26,29-42H,5-14,17-18,27-28H2,1-4H3/b57-51-,58-52-,63-61+,64-62+.